The maximum atomic E-state index is 13.9. The summed E-state index contributed by atoms with van der Waals surface area (Å²) in [6.07, 6.45) is 7.29. The number of nitrogens with zero attached hydrogens (tertiary/aromatic N) is 1. The molecule has 1 saturated heterocycles. The summed E-state index contributed by atoms with van der Waals surface area (Å²) >= 11 is 0. The van der Waals surface area contributed by atoms with Gasteiger partial charge in [0.2, 0.25) is 5.78 Å². The lowest BCUT2D eigenvalue weighted by atomic mass is 9.82. The van der Waals surface area contributed by atoms with Gasteiger partial charge in [-0.25, -0.2) is 0 Å². The first-order valence-corrected chi connectivity index (χ1v) is 13.8. The smallest absolute Gasteiger partial charge is 0.306 e. The monoisotopic (exact) mass is 507 g/mol. The van der Waals surface area contributed by atoms with Crippen molar-refractivity contribution in [1.82, 2.24) is 4.90 Å². The predicted octanol–water partition coefficient (Wildman–Crippen LogP) is 6.00. The maximum absolute atomic E-state index is 13.9. The van der Waals surface area contributed by atoms with E-state index in [1.54, 1.807) is 20.3 Å². The van der Waals surface area contributed by atoms with Crippen LogP contribution in [0.25, 0.3) is 0 Å². The first kappa shape index (κ1) is 27.2. The van der Waals surface area contributed by atoms with Gasteiger partial charge in [0.25, 0.3) is 0 Å². The molecule has 1 aliphatic heterocycles. The zero-order chi connectivity index (χ0) is 26.3. The fraction of sp³-hybridized carbons (Fsp3) is 0.548. The van der Waals surface area contributed by atoms with Crippen molar-refractivity contribution in [3.8, 4) is 11.5 Å². The maximum Gasteiger partial charge on any atom is 0.306 e. The van der Waals surface area contributed by atoms with E-state index in [2.05, 4.69) is 36.1 Å². The molecule has 37 heavy (non-hydrogen) atoms. The molecule has 0 spiro atoms. The van der Waals surface area contributed by atoms with Crippen molar-refractivity contribution in [2.45, 2.75) is 76.9 Å². The van der Waals surface area contributed by atoms with Gasteiger partial charge in [-0.2, -0.15) is 0 Å². The van der Waals surface area contributed by atoms with Crippen LogP contribution in [0.15, 0.2) is 42.5 Å². The molecule has 1 fully saturated rings. The van der Waals surface area contributed by atoms with Gasteiger partial charge < -0.3 is 14.2 Å². The molecule has 0 aromatic heterocycles. The lowest BCUT2D eigenvalue weighted by Gasteiger charge is -2.36. The third-order valence-electron chi connectivity index (χ3n) is 7.86. The molecule has 200 valence electrons. The van der Waals surface area contributed by atoms with Gasteiger partial charge in [-0.1, -0.05) is 56.5 Å². The molecule has 0 saturated carbocycles. The molecule has 2 aliphatic rings. The molecule has 0 bridgehead atoms. The van der Waals surface area contributed by atoms with E-state index in [1.807, 2.05) is 12.1 Å². The number of likely N-dealkylation sites (tertiary alicyclic amines) is 1. The van der Waals surface area contributed by atoms with Gasteiger partial charge in [0.05, 0.1) is 14.2 Å². The first-order valence-electron chi connectivity index (χ1n) is 13.8. The SMILES string of the molecule is CCCCCCC(=O)OC1(CC2CCN(Cc3ccccc3)CC2)Cc2cc(OC)c(OC)cc2C1=O. The van der Waals surface area contributed by atoms with Gasteiger partial charge in [0, 0.05) is 24.9 Å². The highest BCUT2D eigenvalue weighted by molar-refractivity contribution is 6.08. The summed E-state index contributed by atoms with van der Waals surface area (Å²) in [7, 11) is 3.16. The van der Waals surface area contributed by atoms with Crippen molar-refractivity contribution >= 4 is 11.8 Å². The van der Waals surface area contributed by atoms with E-state index in [4.69, 9.17) is 14.2 Å². The van der Waals surface area contributed by atoms with Crippen LogP contribution in [-0.4, -0.2) is 49.6 Å². The van der Waals surface area contributed by atoms with Gasteiger partial charge in [0.1, 0.15) is 0 Å². The first-order chi connectivity index (χ1) is 18.0. The minimum absolute atomic E-state index is 0.0999. The molecule has 1 atom stereocenters. The number of carbonyl (C=O) groups excluding carboxylic acids is 2. The van der Waals surface area contributed by atoms with Crippen LogP contribution in [0.4, 0.5) is 0 Å². The van der Waals surface area contributed by atoms with E-state index in [-0.39, 0.29) is 11.8 Å². The lowest BCUT2D eigenvalue weighted by molar-refractivity contribution is -0.156. The minimum Gasteiger partial charge on any atom is -0.493 e. The second-order valence-corrected chi connectivity index (χ2v) is 10.6. The number of piperidine rings is 1. The Balaban J connectivity index is 1.48. The molecule has 1 heterocycles. The van der Waals surface area contributed by atoms with E-state index < -0.39 is 5.60 Å². The average molecular weight is 508 g/mol. The van der Waals surface area contributed by atoms with Gasteiger partial charge in [-0.05, 0) is 68.0 Å². The number of methoxy groups -OCH3 is 2. The minimum atomic E-state index is -1.15. The van der Waals surface area contributed by atoms with Crippen LogP contribution in [0.1, 0.15) is 79.8 Å². The van der Waals surface area contributed by atoms with Crippen LogP contribution < -0.4 is 9.47 Å². The molecule has 0 amide bonds. The van der Waals surface area contributed by atoms with Crippen LogP contribution in [0, 0.1) is 5.92 Å². The number of carbonyl (C=O) groups is 2. The number of rotatable bonds is 12. The highest BCUT2D eigenvalue weighted by Crippen LogP contribution is 2.44. The molecular formula is C31H41NO5. The third-order valence-corrected chi connectivity index (χ3v) is 7.86. The molecule has 6 nitrogen and oxygen atoms in total. The third kappa shape index (κ3) is 6.53. The summed E-state index contributed by atoms with van der Waals surface area (Å²) in [5.74, 6) is 1.06. The standard InChI is InChI=1S/C31H41NO5/c1-4-5-6-10-13-29(33)37-31(21-25-18-27(35-2)28(36-3)19-26(25)30(31)34)20-23-14-16-32(17-15-23)22-24-11-8-7-9-12-24/h7-9,11-12,18-19,23H,4-6,10,13-17,20-22H2,1-3H3. The number of hydrogen-bond acceptors (Lipinski definition) is 6. The summed E-state index contributed by atoms with van der Waals surface area (Å²) in [5, 5.41) is 0. The number of esters is 1. The number of ketones is 1. The highest BCUT2D eigenvalue weighted by Gasteiger charge is 2.50. The van der Waals surface area contributed by atoms with Crippen LogP contribution >= 0.6 is 0 Å². The van der Waals surface area contributed by atoms with E-state index in [9.17, 15) is 9.59 Å². The zero-order valence-corrected chi connectivity index (χ0v) is 22.6. The van der Waals surface area contributed by atoms with Gasteiger partial charge >= 0.3 is 5.97 Å². The predicted molar refractivity (Wildman–Crippen MR) is 144 cm³/mol. The normalized spacial score (nSPS) is 20.0. The molecule has 4 rings (SSSR count). The van der Waals surface area contributed by atoms with E-state index >= 15 is 0 Å². The Morgan fingerprint density at radius 3 is 2.38 bits per heavy atom. The Morgan fingerprint density at radius 2 is 1.70 bits per heavy atom. The van der Waals surface area contributed by atoms with Crippen LogP contribution in [0.5, 0.6) is 11.5 Å². The van der Waals surface area contributed by atoms with Crippen molar-refractivity contribution in [2.75, 3.05) is 27.3 Å². The van der Waals surface area contributed by atoms with Crippen LogP contribution in [-0.2, 0) is 22.5 Å². The van der Waals surface area contributed by atoms with Crippen molar-refractivity contribution in [3.05, 3.63) is 59.2 Å². The van der Waals surface area contributed by atoms with E-state index in [1.165, 1.54) is 5.56 Å². The molecule has 2 aromatic carbocycles. The molecule has 2 aromatic rings. The molecule has 1 aliphatic carbocycles. The Labute approximate surface area is 221 Å². The fourth-order valence-electron chi connectivity index (χ4n) is 5.82. The second-order valence-electron chi connectivity index (χ2n) is 10.6. The van der Waals surface area contributed by atoms with Crippen molar-refractivity contribution in [2.24, 2.45) is 5.92 Å². The summed E-state index contributed by atoms with van der Waals surface area (Å²) < 4.78 is 17.1. The number of Topliss-reactive ketones (excluding diaryl/α,β-unsaturated/α-hetero) is 1. The van der Waals surface area contributed by atoms with Gasteiger partial charge in [-0.15, -0.1) is 0 Å². The topological polar surface area (TPSA) is 65.1 Å². The summed E-state index contributed by atoms with van der Waals surface area (Å²) in [6, 6.07) is 14.1. The summed E-state index contributed by atoms with van der Waals surface area (Å²) in [4.78, 5) is 29.3. The van der Waals surface area contributed by atoms with Crippen LogP contribution in [0.3, 0.4) is 0 Å². The van der Waals surface area contributed by atoms with Crippen molar-refractivity contribution in [1.29, 1.82) is 0 Å². The fourth-order valence-corrected chi connectivity index (χ4v) is 5.82. The highest BCUT2D eigenvalue weighted by atomic mass is 16.6. The molecule has 6 heteroatoms. The number of fused-ring (bicyclic) bond motifs is 1. The Morgan fingerprint density at radius 1 is 1.00 bits per heavy atom. The Kier molecular flexibility index (Phi) is 9.25. The Bertz CT molecular complexity index is 1060. The Hall–Kier alpha value is -2.86. The number of ether oxygens (including phenoxy) is 3. The lowest BCUT2D eigenvalue weighted by Crippen LogP contribution is -2.45. The van der Waals surface area contributed by atoms with Crippen molar-refractivity contribution < 1.29 is 23.8 Å². The number of benzene rings is 2. The molecular weight excluding hydrogens is 466 g/mol. The van der Waals surface area contributed by atoms with Crippen LogP contribution in [0.2, 0.25) is 0 Å². The molecule has 0 N–H and O–H groups in total. The van der Waals surface area contributed by atoms with Gasteiger partial charge in [0.15, 0.2) is 17.1 Å². The molecule has 0 radical (unpaired) electrons. The zero-order valence-electron chi connectivity index (χ0n) is 22.6. The summed E-state index contributed by atoms with van der Waals surface area (Å²) in [5.41, 5.74) is 1.62. The average Bonchev–Trinajstić information content (AvgIpc) is 3.17. The van der Waals surface area contributed by atoms with E-state index in [0.29, 0.717) is 42.2 Å². The van der Waals surface area contributed by atoms with Crippen molar-refractivity contribution in [3.63, 3.8) is 0 Å². The largest absolute Gasteiger partial charge is 0.493 e. The molecule has 1 unspecified atom stereocenters. The quantitative estimate of drug-likeness (QED) is 0.259. The van der Waals surface area contributed by atoms with E-state index in [0.717, 1.165) is 63.7 Å². The number of unbranched alkanes of at least 4 members (excludes halogenated alkanes) is 3. The summed E-state index contributed by atoms with van der Waals surface area (Å²) in [6.45, 7) is 5.04. The van der Waals surface area contributed by atoms with Gasteiger partial charge in [-0.3, -0.25) is 14.5 Å². The number of hydrogen-bond donors (Lipinski definition) is 0. The second kappa shape index (κ2) is 12.6.